The SMILES string of the molecule is COc1ccnc(Oc2ccc(/C=C/CC(CC(=O)c3c(Cl)cccc3Cl)C(=O)O)cc2)n1. The van der Waals surface area contributed by atoms with Crippen LogP contribution in [0.3, 0.4) is 0 Å². The van der Waals surface area contributed by atoms with E-state index in [0.717, 1.165) is 5.56 Å². The van der Waals surface area contributed by atoms with E-state index in [-0.39, 0.29) is 34.5 Å². The predicted molar refractivity (Wildman–Crippen MR) is 125 cm³/mol. The zero-order valence-corrected chi connectivity index (χ0v) is 19.1. The lowest BCUT2D eigenvalue weighted by atomic mass is 9.95. The maximum absolute atomic E-state index is 12.6. The smallest absolute Gasteiger partial charge is 0.325 e. The lowest BCUT2D eigenvalue weighted by Gasteiger charge is -2.11. The summed E-state index contributed by atoms with van der Waals surface area (Å²) in [5.74, 6) is -1.46. The number of Topliss-reactive ketones (excluding diaryl/α,β-unsaturated/α-hetero) is 1. The monoisotopic (exact) mass is 486 g/mol. The van der Waals surface area contributed by atoms with Gasteiger partial charge in [-0.1, -0.05) is 53.6 Å². The van der Waals surface area contributed by atoms with Gasteiger partial charge < -0.3 is 14.6 Å². The van der Waals surface area contributed by atoms with E-state index in [1.165, 1.54) is 13.3 Å². The maximum Gasteiger partial charge on any atom is 0.325 e. The van der Waals surface area contributed by atoms with Gasteiger partial charge in [-0.15, -0.1) is 0 Å². The van der Waals surface area contributed by atoms with Crippen LogP contribution in [-0.2, 0) is 4.79 Å². The average Bonchev–Trinajstić information content (AvgIpc) is 2.79. The molecule has 3 aromatic rings. The summed E-state index contributed by atoms with van der Waals surface area (Å²) in [6.07, 6.45) is 4.97. The van der Waals surface area contributed by atoms with Crippen LogP contribution in [0.15, 0.2) is 60.8 Å². The molecule has 0 aliphatic heterocycles. The number of benzene rings is 2. The number of allylic oxidation sites excluding steroid dienone is 1. The molecule has 0 amide bonds. The van der Waals surface area contributed by atoms with E-state index in [9.17, 15) is 14.7 Å². The van der Waals surface area contributed by atoms with Crippen LogP contribution in [-0.4, -0.2) is 33.9 Å². The first-order valence-corrected chi connectivity index (χ1v) is 10.6. The molecule has 3 rings (SSSR count). The number of ketones is 1. The van der Waals surface area contributed by atoms with Gasteiger partial charge >= 0.3 is 12.0 Å². The number of carbonyl (C=O) groups is 2. The molecule has 33 heavy (non-hydrogen) atoms. The summed E-state index contributed by atoms with van der Waals surface area (Å²) in [5.41, 5.74) is 0.977. The number of carboxylic acids is 1. The number of methoxy groups -OCH3 is 1. The zero-order chi connectivity index (χ0) is 23.8. The van der Waals surface area contributed by atoms with Crippen molar-refractivity contribution in [2.24, 2.45) is 5.92 Å². The summed E-state index contributed by atoms with van der Waals surface area (Å²) in [7, 11) is 1.50. The quantitative estimate of drug-likeness (QED) is 0.352. The third-order valence-corrected chi connectivity index (χ3v) is 5.29. The molecule has 9 heteroatoms. The second-order valence-electron chi connectivity index (χ2n) is 6.95. The van der Waals surface area contributed by atoms with Crippen molar-refractivity contribution in [1.29, 1.82) is 0 Å². The standard InChI is InChI=1S/C24H20Cl2N2O5/c1-32-21-12-13-27-24(28-21)33-17-10-8-15(9-11-17)4-2-5-16(23(30)31)14-20(29)22-18(25)6-3-7-19(22)26/h2-4,6-13,16H,5,14H2,1H3,(H,30,31)/b4-2+. The molecule has 0 bridgehead atoms. The van der Waals surface area contributed by atoms with Crippen LogP contribution in [0.4, 0.5) is 0 Å². The van der Waals surface area contributed by atoms with E-state index >= 15 is 0 Å². The molecule has 1 heterocycles. The second kappa shape index (κ2) is 11.4. The van der Waals surface area contributed by atoms with Gasteiger partial charge in [0.2, 0.25) is 5.88 Å². The van der Waals surface area contributed by atoms with Gasteiger partial charge in [0, 0.05) is 18.7 Å². The van der Waals surface area contributed by atoms with Crippen LogP contribution in [0.1, 0.15) is 28.8 Å². The Morgan fingerprint density at radius 1 is 1.09 bits per heavy atom. The Balaban J connectivity index is 1.61. The van der Waals surface area contributed by atoms with Gasteiger partial charge in [0.1, 0.15) is 5.75 Å². The van der Waals surface area contributed by atoms with Crippen LogP contribution in [0, 0.1) is 5.92 Å². The van der Waals surface area contributed by atoms with E-state index in [4.69, 9.17) is 32.7 Å². The largest absolute Gasteiger partial charge is 0.481 e. The maximum atomic E-state index is 12.6. The number of ether oxygens (including phenoxy) is 2. The number of carboxylic acid groups (broad SMARTS) is 1. The lowest BCUT2D eigenvalue weighted by molar-refractivity contribution is -0.141. The van der Waals surface area contributed by atoms with Gasteiger partial charge in [-0.25, -0.2) is 4.98 Å². The average molecular weight is 487 g/mol. The molecular weight excluding hydrogens is 467 g/mol. The molecule has 1 aromatic heterocycles. The highest BCUT2D eigenvalue weighted by molar-refractivity contribution is 6.39. The molecule has 7 nitrogen and oxygen atoms in total. The van der Waals surface area contributed by atoms with Crippen molar-refractivity contribution < 1.29 is 24.2 Å². The van der Waals surface area contributed by atoms with Gasteiger partial charge in [-0.3, -0.25) is 9.59 Å². The summed E-state index contributed by atoms with van der Waals surface area (Å²) in [5, 5.41) is 9.93. The molecule has 0 saturated carbocycles. The first-order valence-electron chi connectivity index (χ1n) is 9.89. The summed E-state index contributed by atoms with van der Waals surface area (Å²) in [6.45, 7) is 0. The summed E-state index contributed by atoms with van der Waals surface area (Å²) in [6, 6.07) is 13.6. The first kappa shape index (κ1) is 24.2. The number of nitrogens with zero attached hydrogens (tertiary/aromatic N) is 2. The molecule has 0 aliphatic rings. The molecule has 1 atom stereocenters. The predicted octanol–water partition coefficient (Wildman–Crippen LogP) is 5.96. The minimum absolute atomic E-state index is 0.145. The van der Waals surface area contributed by atoms with E-state index in [1.54, 1.807) is 60.7 Å². The molecule has 0 spiro atoms. The van der Waals surface area contributed by atoms with Crippen molar-refractivity contribution in [3.8, 4) is 17.6 Å². The Bertz CT molecular complexity index is 1150. The Kier molecular flexibility index (Phi) is 8.40. The number of carbonyl (C=O) groups excluding carboxylic acids is 1. The number of rotatable bonds is 10. The van der Waals surface area contributed by atoms with Gasteiger partial charge in [0.15, 0.2) is 5.78 Å². The van der Waals surface area contributed by atoms with Crippen molar-refractivity contribution in [2.75, 3.05) is 7.11 Å². The van der Waals surface area contributed by atoms with E-state index < -0.39 is 17.7 Å². The summed E-state index contributed by atoms with van der Waals surface area (Å²) >= 11 is 12.1. The zero-order valence-electron chi connectivity index (χ0n) is 17.6. The third kappa shape index (κ3) is 6.78. The third-order valence-electron chi connectivity index (χ3n) is 4.66. The van der Waals surface area contributed by atoms with Gasteiger partial charge in [-0.2, -0.15) is 4.98 Å². The molecule has 0 fully saturated rings. The number of hydrogen-bond donors (Lipinski definition) is 1. The highest BCUT2D eigenvalue weighted by atomic mass is 35.5. The topological polar surface area (TPSA) is 98.6 Å². The molecule has 170 valence electrons. The van der Waals surface area contributed by atoms with Crippen molar-refractivity contribution in [3.05, 3.63) is 82.0 Å². The molecule has 0 saturated heterocycles. The van der Waals surface area contributed by atoms with Gasteiger partial charge in [-0.05, 0) is 36.2 Å². The summed E-state index contributed by atoms with van der Waals surface area (Å²) in [4.78, 5) is 32.3. The molecule has 1 N–H and O–H groups in total. The number of hydrogen-bond acceptors (Lipinski definition) is 6. The fourth-order valence-corrected chi connectivity index (χ4v) is 3.58. The van der Waals surface area contributed by atoms with Crippen molar-refractivity contribution >= 4 is 41.0 Å². The highest BCUT2D eigenvalue weighted by Crippen LogP contribution is 2.27. The Morgan fingerprint density at radius 3 is 2.42 bits per heavy atom. The van der Waals surface area contributed by atoms with Crippen LogP contribution in [0.5, 0.6) is 17.6 Å². The fourth-order valence-electron chi connectivity index (χ4n) is 2.97. The van der Waals surface area contributed by atoms with Crippen molar-refractivity contribution in [1.82, 2.24) is 9.97 Å². The Labute approximate surface area is 200 Å². The highest BCUT2D eigenvalue weighted by Gasteiger charge is 2.23. The Morgan fingerprint density at radius 2 is 1.79 bits per heavy atom. The van der Waals surface area contributed by atoms with Crippen LogP contribution >= 0.6 is 23.2 Å². The van der Waals surface area contributed by atoms with Gasteiger partial charge in [0.25, 0.3) is 0 Å². The molecular formula is C24H20Cl2N2O5. The number of aromatic nitrogens is 2. The molecule has 0 radical (unpaired) electrons. The molecule has 2 aromatic carbocycles. The van der Waals surface area contributed by atoms with Crippen LogP contribution in [0.25, 0.3) is 6.08 Å². The van der Waals surface area contributed by atoms with Crippen LogP contribution < -0.4 is 9.47 Å². The lowest BCUT2D eigenvalue weighted by Crippen LogP contribution is -2.18. The fraction of sp³-hybridized carbons (Fsp3) is 0.167. The molecule has 1 unspecified atom stereocenters. The number of aliphatic carboxylic acids is 1. The van der Waals surface area contributed by atoms with E-state index in [1.807, 2.05) is 0 Å². The van der Waals surface area contributed by atoms with Crippen molar-refractivity contribution in [2.45, 2.75) is 12.8 Å². The first-order chi connectivity index (χ1) is 15.9. The normalized spacial score (nSPS) is 11.8. The second-order valence-corrected chi connectivity index (χ2v) is 7.76. The van der Waals surface area contributed by atoms with Gasteiger partial charge in [0.05, 0.1) is 28.6 Å². The van der Waals surface area contributed by atoms with E-state index in [2.05, 4.69) is 9.97 Å². The van der Waals surface area contributed by atoms with Crippen LogP contribution in [0.2, 0.25) is 10.0 Å². The van der Waals surface area contributed by atoms with E-state index in [0.29, 0.717) is 11.6 Å². The Hall–Kier alpha value is -3.42. The number of halogens is 2. The minimum atomic E-state index is -1.07. The molecule has 0 aliphatic carbocycles. The summed E-state index contributed by atoms with van der Waals surface area (Å²) < 4.78 is 10.6. The minimum Gasteiger partial charge on any atom is -0.481 e. The van der Waals surface area contributed by atoms with Crippen molar-refractivity contribution in [3.63, 3.8) is 0 Å².